The number of amides is 1. The summed E-state index contributed by atoms with van der Waals surface area (Å²) in [5.74, 6) is -1.54. The first kappa shape index (κ1) is 17.6. The Morgan fingerprint density at radius 2 is 1.89 bits per heavy atom. The molecular formula is C20H14F2N4O2. The number of nitrogens with one attached hydrogen (secondary N) is 3. The highest BCUT2D eigenvalue weighted by Gasteiger charge is 2.14. The topological polar surface area (TPSA) is 90.6 Å². The van der Waals surface area contributed by atoms with E-state index in [4.69, 9.17) is 0 Å². The van der Waals surface area contributed by atoms with Crippen LogP contribution >= 0.6 is 0 Å². The van der Waals surface area contributed by atoms with Crippen LogP contribution in [0.4, 0.5) is 14.5 Å². The van der Waals surface area contributed by atoms with Gasteiger partial charge in [-0.15, -0.1) is 0 Å². The minimum Gasteiger partial charge on any atom is -0.356 e. The lowest BCUT2D eigenvalue weighted by molar-refractivity contribution is 0.101. The third kappa shape index (κ3) is 3.27. The molecule has 0 aliphatic carbocycles. The van der Waals surface area contributed by atoms with Crippen molar-refractivity contribution in [1.82, 2.24) is 15.0 Å². The first-order valence-electron chi connectivity index (χ1n) is 8.36. The highest BCUT2D eigenvalue weighted by molar-refractivity contribution is 6.05. The van der Waals surface area contributed by atoms with Gasteiger partial charge in [0.05, 0.1) is 16.6 Å². The van der Waals surface area contributed by atoms with Gasteiger partial charge < -0.3 is 15.3 Å². The summed E-state index contributed by atoms with van der Waals surface area (Å²) >= 11 is 0. The number of aromatic amines is 2. The number of anilines is 1. The molecule has 3 N–H and O–H groups in total. The number of H-pyrrole nitrogens is 2. The molecule has 2 heterocycles. The molecule has 0 aliphatic rings. The molecule has 0 aliphatic heterocycles. The van der Waals surface area contributed by atoms with Crippen molar-refractivity contribution in [1.29, 1.82) is 0 Å². The summed E-state index contributed by atoms with van der Waals surface area (Å²) < 4.78 is 27.4. The first-order chi connectivity index (χ1) is 13.4. The lowest BCUT2D eigenvalue weighted by Crippen LogP contribution is -2.12. The summed E-state index contributed by atoms with van der Waals surface area (Å²) in [4.78, 5) is 33.6. The van der Waals surface area contributed by atoms with Crippen LogP contribution in [-0.2, 0) is 0 Å². The highest BCUT2D eigenvalue weighted by Crippen LogP contribution is 2.25. The maximum Gasteiger partial charge on any atom is 0.272 e. The average Bonchev–Trinajstić information content (AvgIpc) is 3.30. The molecule has 2 aromatic heterocycles. The van der Waals surface area contributed by atoms with Gasteiger partial charge in [-0.1, -0.05) is 0 Å². The molecule has 28 heavy (non-hydrogen) atoms. The number of benzene rings is 2. The normalized spacial score (nSPS) is 11.0. The Kier molecular flexibility index (Phi) is 4.23. The molecule has 0 fully saturated rings. The number of carbonyl (C=O) groups excluding carboxylic acids is 2. The number of aromatic nitrogens is 3. The summed E-state index contributed by atoms with van der Waals surface area (Å²) in [6.45, 7) is 1.41. The molecule has 2 aromatic carbocycles. The van der Waals surface area contributed by atoms with Gasteiger partial charge in [0.15, 0.2) is 5.78 Å². The monoisotopic (exact) mass is 380 g/mol. The Hall–Kier alpha value is -3.81. The largest absolute Gasteiger partial charge is 0.356 e. The van der Waals surface area contributed by atoms with E-state index in [9.17, 15) is 18.4 Å². The number of ketones is 1. The van der Waals surface area contributed by atoms with Gasteiger partial charge in [0.25, 0.3) is 5.91 Å². The van der Waals surface area contributed by atoms with Crippen LogP contribution in [0.15, 0.2) is 48.7 Å². The molecule has 140 valence electrons. The lowest BCUT2D eigenvalue weighted by atomic mass is 10.2. The summed E-state index contributed by atoms with van der Waals surface area (Å²) in [6.07, 6.45) is 1.47. The second-order valence-electron chi connectivity index (χ2n) is 6.25. The van der Waals surface area contributed by atoms with E-state index in [0.29, 0.717) is 22.3 Å². The van der Waals surface area contributed by atoms with E-state index in [1.165, 1.54) is 19.2 Å². The van der Waals surface area contributed by atoms with Crippen molar-refractivity contribution >= 4 is 28.4 Å². The van der Waals surface area contributed by atoms with E-state index < -0.39 is 17.5 Å². The molecule has 4 rings (SSSR count). The van der Waals surface area contributed by atoms with Gasteiger partial charge in [0.1, 0.15) is 23.2 Å². The Balaban J connectivity index is 1.62. The van der Waals surface area contributed by atoms with Crippen molar-refractivity contribution in [3.63, 3.8) is 0 Å². The third-order valence-corrected chi connectivity index (χ3v) is 4.26. The standard InChI is InChI=1S/C20H14F2N4O2/c1-10(27)11-6-18(23-9-11)20(28)24-13-3-5-16-17(8-13)26-19(25-16)14-7-12(21)2-4-15(14)22/h2-9,23H,1H3,(H,24,28)(H,25,26). The molecule has 0 radical (unpaired) electrons. The predicted octanol–water partition coefficient (Wildman–Crippen LogP) is 4.29. The van der Waals surface area contributed by atoms with E-state index in [2.05, 4.69) is 20.3 Å². The van der Waals surface area contributed by atoms with Crippen molar-refractivity contribution < 1.29 is 18.4 Å². The number of rotatable bonds is 4. The zero-order valence-corrected chi connectivity index (χ0v) is 14.6. The second kappa shape index (κ2) is 6.73. The molecule has 0 atom stereocenters. The second-order valence-corrected chi connectivity index (χ2v) is 6.25. The number of carbonyl (C=O) groups is 2. The van der Waals surface area contributed by atoms with Crippen LogP contribution in [0.5, 0.6) is 0 Å². The summed E-state index contributed by atoms with van der Waals surface area (Å²) in [6, 6.07) is 9.53. The first-order valence-corrected chi connectivity index (χ1v) is 8.36. The summed E-state index contributed by atoms with van der Waals surface area (Å²) in [5, 5.41) is 2.71. The number of halogens is 2. The zero-order chi connectivity index (χ0) is 19.8. The van der Waals surface area contributed by atoms with Crippen molar-refractivity contribution in [2.45, 2.75) is 6.92 Å². The van der Waals surface area contributed by atoms with E-state index in [1.807, 2.05) is 0 Å². The molecule has 0 saturated carbocycles. The van der Waals surface area contributed by atoms with Gasteiger partial charge in [-0.3, -0.25) is 9.59 Å². The lowest BCUT2D eigenvalue weighted by Gasteiger charge is -2.03. The quantitative estimate of drug-likeness (QED) is 0.461. The third-order valence-electron chi connectivity index (χ3n) is 4.26. The van der Waals surface area contributed by atoms with Gasteiger partial charge in [-0.2, -0.15) is 0 Å². The Bertz CT molecular complexity index is 1230. The van der Waals surface area contributed by atoms with Gasteiger partial charge in [0, 0.05) is 17.4 Å². The zero-order valence-electron chi connectivity index (χ0n) is 14.6. The summed E-state index contributed by atoms with van der Waals surface area (Å²) in [5.41, 5.74) is 2.24. The number of Topliss-reactive ketones (excluding diaryl/α,β-unsaturated/α-hetero) is 1. The average molecular weight is 380 g/mol. The van der Waals surface area contributed by atoms with Crippen LogP contribution in [0.25, 0.3) is 22.4 Å². The predicted molar refractivity (Wildman–Crippen MR) is 100 cm³/mol. The van der Waals surface area contributed by atoms with E-state index in [0.717, 1.165) is 18.2 Å². The molecular weight excluding hydrogens is 366 g/mol. The maximum absolute atomic E-state index is 14.0. The molecule has 6 nitrogen and oxygen atoms in total. The molecule has 0 bridgehead atoms. The fraction of sp³-hybridized carbons (Fsp3) is 0.0500. The number of hydrogen-bond acceptors (Lipinski definition) is 3. The minimum absolute atomic E-state index is 0.0185. The molecule has 0 spiro atoms. The SMILES string of the molecule is CC(=O)c1c[nH]c(C(=O)Nc2ccc3nc(-c4cc(F)ccc4F)[nH]c3c2)c1. The van der Waals surface area contributed by atoms with Gasteiger partial charge >= 0.3 is 0 Å². The van der Waals surface area contributed by atoms with E-state index in [-0.39, 0.29) is 22.9 Å². The maximum atomic E-state index is 14.0. The van der Waals surface area contributed by atoms with Crippen LogP contribution in [0.2, 0.25) is 0 Å². The Labute approximate surface area is 157 Å². The fourth-order valence-corrected chi connectivity index (χ4v) is 2.82. The van der Waals surface area contributed by atoms with Crippen molar-refractivity contribution in [3.8, 4) is 11.4 Å². The molecule has 0 unspecified atom stereocenters. The Morgan fingerprint density at radius 3 is 2.64 bits per heavy atom. The molecule has 1 amide bonds. The van der Waals surface area contributed by atoms with Crippen molar-refractivity contribution in [2.24, 2.45) is 0 Å². The van der Waals surface area contributed by atoms with E-state index in [1.54, 1.807) is 18.2 Å². The smallest absolute Gasteiger partial charge is 0.272 e. The highest BCUT2D eigenvalue weighted by atomic mass is 19.1. The molecule has 8 heteroatoms. The number of nitrogens with zero attached hydrogens (tertiary/aromatic N) is 1. The van der Waals surface area contributed by atoms with Crippen LogP contribution in [0, 0.1) is 11.6 Å². The molecule has 4 aromatic rings. The van der Waals surface area contributed by atoms with Crippen molar-refractivity contribution in [3.05, 3.63) is 71.6 Å². The Morgan fingerprint density at radius 1 is 1.07 bits per heavy atom. The van der Waals surface area contributed by atoms with Crippen LogP contribution in [0.1, 0.15) is 27.8 Å². The van der Waals surface area contributed by atoms with Gasteiger partial charge in [0.2, 0.25) is 0 Å². The number of fused-ring (bicyclic) bond motifs is 1. The summed E-state index contributed by atoms with van der Waals surface area (Å²) in [7, 11) is 0. The van der Waals surface area contributed by atoms with Crippen molar-refractivity contribution in [2.75, 3.05) is 5.32 Å². The van der Waals surface area contributed by atoms with Crippen LogP contribution < -0.4 is 5.32 Å². The van der Waals surface area contributed by atoms with Gasteiger partial charge in [-0.05, 0) is 49.4 Å². The number of hydrogen-bond donors (Lipinski definition) is 3. The van der Waals surface area contributed by atoms with Crippen LogP contribution in [0.3, 0.4) is 0 Å². The van der Waals surface area contributed by atoms with E-state index >= 15 is 0 Å². The number of imidazole rings is 1. The van der Waals surface area contributed by atoms with Gasteiger partial charge in [-0.25, -0.2) is 13.8 Å². The fourth-order valence-electron chi connectivity index (χ4n) is 2.82. The van der Waals surface area contributed by atoms with Crippen LogP contribution in [-0.4, -0.2) is 26.6 Å². The molecule has 0 saturated heterocycles. The minimum atomic E-state index is -0.595.